The first-order valence-corrected chi connectivity index (χ1v) is 15.7. The van der Waals surface area contributed by atoms with Gasteiger partial charge in [0.2, 0.25) is 0 Å². The first-order valence-electron chi connectivity index (χ1n) is 12.0. The fraction of sp³-hybridized carbons (Fsp3) is 0.538. The van der Waals surface area contributed by atoms with Gasteiger partial charge in [-0.25, -0.2) is 16.8 Å². The van der Waals surface area contributed by atoms with Crippen molar-refractivity contribution in [3.63, 3.8) is 0 Å². The van der Waals surface area contributed by atoms with Gasteiger partial charge in [-0.3, -0.25) is 0 Å². The minimum Gasteiger partial charge on any atom is -0.748 e. The molecule has 0 N–H and O–H groups in total. The Hall–Kier alpha value is 0.0600. The van der Waals surface area contributed by atoms with E-state index in [2.05, 4.69) is 31.2 Å². The SMILES string of the molecule is CCCCCCCCCCCCc1ccc(Oc2ccccc2)cc1.CS(=O)(=O)[O-].CS(=O)(=O)[O-].[Na+].[Na+]. The van der Waals surface area contributed by atoms with Crippen LogP contribution in [0.3, 0.4) is 0 Å². The number of rotatable bonds is 13. The van der Waals surface area contributed by atoms with E-state index in [4.69, 9.17) is 30.7 Å². The summed E-state index contributed by atoms with van der Waals surface area (Å²) in [6, 6.07) is 18.5. The molecule has 0 radical (unpaired) electrons. The van der Waals surface area contributed by atoms with Crippen molar-refractivity contribution in [1.82, 2.24) is 0 Å². The number of hydrogen-bond acceptors (Lipinski definition) is 7. The third kappa shape index (κ3) is 36.1. The Labute approximate surface area is 269 Å². The molecule has 11 heteroatoms. The van der Waals surface area contributed by atoms with Crippen molar-refractivity contribution >= 4 is 20.2 Å². The average molecular weight is 575 g/mol. The maximum Gasteiger partial charge on any atom is 1.00 e. The molecule has 0 bridgehead atoms. The van der Waals surface area contributed by atoms with Crippen LogP contribution in [-0.2, 0) is 26.7 Å². The average Bonchev–Trinajstić information content (AvgIpc) is 2.75. The van der Waals surface area contributed by atoms with E-state index < -0.39 is 20.2 Å². The van der Waals surface area contributed by atoms with Gasteiger partial charge in [0.15, 0.2) is 0 Å². The van der Waals surface area contributed by atoms with E-state index >= 15 is 0 Å². The molecular weight excluding hydrogens is 534 g/mol. The summed E-state index contributed by atoms with van der Waals surface area (Å²) in [6.45, 7) is 2.28. The summed E-state index contributed by atoms with van der Waals surface area (Å²) in [4.78, 5) is 0. The molecule has 2 rings (SSSR count). The molecule has 0 fully saturated rings. The molecule has 0 aromatic heterocycles. The number of para-hydroxylation sites is 1. The Morgan fingerprint density at radius 2 is 0.946 bits per heavy atom. The number of hydrogen-bond donors (Lipinski definition) is 0. The van der Waals surface area contributed by atoms with Crippen LogP contribution in [0.4, 0.5) is 0 Å². The molecular formula is C26H40Na2O7S2. The number of ether oxygens (including phenoxy) is 1. The van der Waals surface area contributed by atoms with Crippen LogP contribution in [0.2, 0.25) is 0 Å². The van der Waals surface area contributed by atoms with Gasteiger partial charge in [0.25, 0.3) is 0 Å². The van der Waals surface area contributed by atoms with Crippen molar-refractivity contribution in [2.75, 3.05) is 12.5 Å². The van der Waals surface area contributed by atoms with Gasteiger partial charge in [-0.15, -0.1) is 0 Å². The van der Waals surface area contributed by atoms with Crippen LogP contribution >= 0.6 is 0 Å². The van der Waals surface area contributed by atoms with Crippen LogP contribution in [0.25, 0.3) is 0 Å². The van der Waals surface area contributed by atoms with Gasteiger partial charge in [-0.1, -0.05) is 95.0 Å². The molecule has 7 nitrogen and oxygen atoms in total. The second kappa shape index (κ2) is 25.1. The van der Waals surface area contributed by atoms with Crippen molar-refractivity contribution in [3.8, 4) is 11.5 Å². The van der Waals surface area contributed by atoms with Gasteiger partial charge in [0.1, 0.15) is 11.5 Å². The predicted octanol–water partition coefficient (Wildman–Crippen LogP) is 0.273. The molecule has 200 valence electrons. The minimum absolute atomic E-state index is 0. The third-order valence-corrected chi connectivity index (χ3v) is 4.72. The molecule has 0 amide bonds. The molecule has 0 aliphatic heterocycles. The molecule has 0 saturated heterocycles. The zero-order valence-corrected chi connectivity index (χ0v) is 28.8. The summed E-state index contributed by atoms with van der Waals surface area (Å²) in [5.41, 5.74) is 1.42. The molecule has 0 saturated carbocycles. The molecule has 0 atom stereocenters. The molecule has 0 heterocycles. The van der Waals surface area contributed by atoms with Crippen LogP contribution in [0.5, 0.6) is 11.5 Å². The number of unbranched alkanes of at least 4 members (excludes halogenated alkanes) is 9. The summed E-state index contributed by atoms with van der Waals surface area (Å²) in [5.74, 6) is 1.81. The van der Waals surface area contributed by atoms with E-state index in [0.717, 1.165) is 11.5 Å². The van der Waals surface area contributed by atoms with E-state index in [0.29, 0.717) is 12.5 Å². The Morgan fingerprint density at radius 1 is 0.595 bits per heavy atom. The smallest absolute Gasteiger partial charge is 0.748 e. The van der Waals surface area contributed by atoms with E-state index in [1.54, 1.807) is 0 Å². The maximum absolute atomic E-state index is 9.08. The normalized spacial score (nSPS) is 10.4. The zero-order chi connectivity index (χ0) is 26.6. The fourth-order valence-electron chi connectivity index (χ4n) is 3.17. The van der Waals surface area contributed by atoms with Crippen molar-refractivity contribution in [2.24, 2.45) is 0 Å². The first kappa shape index (κ1) is 41.5. The zero-order valence-electron chi connectivity index (χ0n) is 23.1. The Kier molecular flexibility index (Phi) is 28.1. The van der Waals surface area contributed by atoms with E-state index in [-0.39, 0.29) is 59.1 Å². The predicted molar refractivity (Wildman–Crippen MR) is 140 cm³/mol. The van der Waals surface area contributed by atoms with E-state index in [1.807, 2.05) is 30.3 Å². The van der Waals surface area contributed by atoms with Crippen molar-refractivity contribution in [1.29, 1.82) is 0 Å². The maximum atomic E-state index is 9.08. The van der Waals surface area contributed by atoms with Crippen LogP contribution in [0, 0.1) is 0 Å². The van der Waals surface area contributed by atoms with Crippen molar-refractivity contribution in [2.45, 2.75) is 77.6 Å². The van der Waals surface area contributed by atoms with Gasteiger partial charge in [0, 0.05) is 12.5 Å². The number of benzene rings is 2. The van der Waals surface area contributed by atoms with E-state index in [1.165, 1.54) is 76.2 Å². The first-order chi connectivity index (χ1) is 16.4. The van der Waals surface area contributed by atoms with Gasteiger partial charge in [-0.05, 0) is 42.7 Å². The molecule has 37 heavy (non-hydrogen) atoms. The Morgan fingerprint density at radius 3 is 1.35 bits per heavy atom. The fourth-order valence-corrected chi connectivity index (χ4v) is 3.17. The summed E-state index contributed by atoms with van der Waals surface area (Å²) < 4.78 is 60.3. The molecule has 0 unspecified atom stereocenters. The van der Waals surface area contributed by atoms with Crippen LogP contribution in [0.15, 0.2) is 54.6 Å². The summed E-state index contributed by atoms with van der Waals surface area (Å²) >= 11 is 0. The van der Waals surface area contributed by atoms with Crippen LogP contribution in [0.1, 0.15) is 76.7 Å². The van der Waals surface area contributed by atoms with Crippen LogP contribution in [-0.4, -0.2) is 38.5 Å². The van der Waals surface area contributed by atoms with Crippen molar-refractivity contribution in [3.05, 3.63) is 60.2 Å². The summed E-state index contributed by atoms with van der Waals surface area (Å²) in [7, 11) is -7.83. The van der Waals surface area contributed by atoms with Crippen molar-refractivity contribution < 1.29 is 89.8 Å². The Bertz CT molecular complexity index is 937. The van der Waals surface area contributed by atoms with Gasteiger partial charge < -0.3 is 13.8 Å². The molecule has 2 aromatic carbocycles. The molecule has 0 aliphatic carbocycles. The van der Waals surface area contributed by atoms with Crippen LogP contribution < -0.4 is 63.9 Å². The standard InChI is InChI=1S/C24H34O.2CH4O3S.2Na/c1-2-3-4-5-6-7-8-9-10-12-15-22-18-20-24(21-19-22)25-23-16-13-11-14-17-23;2*1-5(2,3)4;;/h11,13-14,16-21H,2-10,12,15H2,1H3;2*1H3,(H,2,3,4);;/q;;;2*+1/p-2. The van der Waals surface area contributed by atoms with E-state index in [9.17, 15) is 0 Å². The Balaban J connectivity index is -0.000000822. The summed E-state index contributed by atoms with van der Waals surface area (Å²) in [5, 5.41) is 0. The monoisotopic (exact) mass is 574 g/mol. The molecule has 0 spiro atoms. The van der Waals surface area contributed by atoms with Gasteiger partial charge >= 0.3 is 59.1 Å². The van der Waals surface area contributed by atoms with Gasteiger partial charge in [0.05, 0.1) is 20.2 Å². The largest absolute Gasteiger partial charge is 1.00 e. The third-order valence-electron chi connectivity index (χ3n) is 4.72. The topological polar surface area (TPSA) is 124 Å². The summed E-state index contributed by atoms with van der Waals surface area (Å²) in [6.07, 6.45) is 16.3. The second-order valence-electron chi connectivity index (χ2n) is 8.40. The second-order valence-corrected chi connectivity index (χ2v) is 11.2. The quantitative estimate of drug-likeness (QED) is 0.191. The molecule has 2 aromatic rings. The minimum atomic E-state index is -3.92. The van der Waals surface area contributed by atoms with Gasteiger partial charge in [-0.2, -0.15) is 0 Å². The number of aryl methyl sites for hydroxylation is 1. The molecule has 0 aliphatic rings.